The molecule has 0 aromatic heterocycles. The van der Waals surface area contributed by atoms with Gasteiger partial charge in [-0.1, -0.05) is 36.4 Å². The van der Waals surface area contributed by atoms with Gasteiger partial charge in [-0.05, 0) is 12.0 Å². The molecule has 1 aliphatic rings. The SMILES string of the molecule is C=CCNC(=NCC(=O)N(C)C)N1CCC(COCc2ccccc2)C1. The van der Waals surface area contributed by atoms with E-state index in [1.54, 1.807) is 25.1 Å². The first-order chi connectivity index (χ1) is 12.6. The number of carbonyl (C=O) groups is 1. The van der Waals surface area contributed by atoms with E-state index in [1.807, 2.05) is 18.2 Å². The minimum Gasteiger partial charge on any atom is -0.376 e. The number of hydrogen-bond acceptors (Lipinski definition) is 3. The van der Waals surface area contributed by atoms with Gasteiger partial charge in [0.2, 0.25) is 5.91 Å². The van der Waals surface area contributed by atoms with Gasteiger partial charge in [0.15, 0.2) is 5.96 Å². The van der Waals surface area contributed by atoms with Crippen LogP contribution in [-0.4, -0.2) is 68.5 Å². The number of likely N-dealkylation sites (tertiary alicyclic amines) is 1. The van der Waals surface area contributed by atoms with Crippen molar-refractivity contribution in [3.05, 3.63) is 48.6 Å². The fraction of sp³-hybridized carbons (Fsp3) is 0.500. The molecule has 1 saturated heterocycles. The highest BCUT2D eigenvalue weighted by molar-refractivity contribution is 5.85. The Labute approximate surface area is 156 Å². The number of aliphatic imine (C=N–C) groups is 1. The van der Waals surface area contributed by atoms with Crippen LogP contribution in [0.5, 0.6) is 0 Å². The summed E-state index contributed by atoms with van der Waals surface area (Å²) in [6, 6.07) is 10.2. The Morgan fingerprint density at radius 2 is 2.19 bits per heavy atom. The molecule has 0 bridgehead atoms. The summed E-state index contributed by atoms with van der Waals surface area (Å²) in [6.45, 7) is 7.69. The summed E-state index contributed by atoms with van der Waals surface area (Å²) in [6.07, 6.45) is 2.85. The average molecular weight is 358 g/mol. The molecule has 6 heteroatoms. The number of likely N-dealkylation sites (N-methyl/N-ethyl adjacent to an activating group) is 1. The molecule has 1 aliphatic heterocycles. The van der Waals surface area contributed by atoms with Crippen LogP contribution < -0.4 is 5.32 Å². The average Bonchev–Trinajstić information content (AvgIpc) is 3.11. The molecule has 0 spiro atoms. The van der Waals surface area contributed by atoms with Crippen LogP contribution in [0.25, 0.3) is 0 Å². The Hall–Kier alpha value is -2.34. The number of hydrogen-bond donors (Lipinski definition) is 1. The van der Waals surface area contributed by atoms with Crippen LogP contribution in [0, 0.1) is 5.92 Å². The van der Waals surface area contributed by atoms with Gasteiger partial charge in [-0.3, -0.25) is 4.79 Å². The maximum Gasteiger partial charge on any atom is 0.243 e. The van der Waals surface area contributed by atoms with E-state index in [1.165, 1.54) is 5.56 Å². The summed E-state index contributed by atoms with van der Waals surface area (Å²) < 4.78 is 5.88. The van der Waals surface area contributed by atoms with Gasteiger partial charge in [-0.2, -0.15) is 0 Å². The van der Waals surface area contributed by atoms with Crippen molar-refractivity contribution in [2.75, 3.05) is 46.9 Å². The van der Waals surface area contributed by atoms with Gasteiger partial charge >= 0.3 is 0 Å². The van der Waals surface area contributed by atoms with Crippen molar-refractivity contribution in [1.82, 2.24) is 15.1 Å². The van der Waals surface area contributed by atoms with E-state index in [0.717, 1.165) is 32.1 Å². The summed E-state index contributed by atoms with van der Waals surface area (Å²) >= 11 is 0. The number of guanidine groups is 1. The van der Waals surface area contributed by atoms with E-state index in [2.05, 4.69) is 33.9 Å². The fourth-order valence-corrected chi connectivity index (χ4v) is 2.79. The molecule has 1 amide bonds. The van der Waals surface area contributed by atoms with Crippen molar-refractivity contribution in [1.29, 1.82) is 0 Å². The number of nitrogens with zero attached hydrogens (tertiary/aromatic N) is 3. The van der Waals surface area contributed by atoms with E-state index in [9.17, 15) is 4.79 Å². The molecule has 1 N–H and O–H groups in total. The monoisotopic (exact) mass is 358 g/mol. The molecule has 1 aromatic rings. The lowest BCUT2D eigenvalue weighted by molar-refractivity contribution is -0.127. The second kappa shape index (κ2) is 10.6. The summed E-state index contributed by atoms with van der Waals surface area (Å²) in [4.78, 5) is 20.0. The smallest absolute Gasteiger partial charge is 0.243 e. The predicted molar refractivity (Wildman–Crippen MR) is 105 cm³/mol. The molecular weight excluding hydrogens is 328 g/mol. The first kappa shape index (κ1) is 20.0. The lowest BCUT2D eigenvalue weighted by atomic mass is 10.1. The minimum absolute atomic E-state index is 0.00940. The number of ether oxygens (including phenoxy) is 1. The maximum atomic E-state index is 11.8. The molecule has 2 rings (SSSR count). The number of carbonyl (C=O) groups excluding carboxylic acids is 1. The lowest BCUT2D eigenvalue weighted by Crippen LogP contribution is -2.41. The third kappa shape index (κ3) is 6.52. The van der Waals surface area contributed by atoms with Crippen LogP contribution >= 0.6 is 0 Å². The van der Waals surface area contributed by atoms with Gasteiger partial charge in [0.25, 0.3) is 0 Å². The molecule has 0 aliphatic carbocycles. The largest absolute Gasteiger partial charge is 0.376 e. The van der Waals surface area contributed by atoms with E-state index in [-0.39, 0.29) is 12.5 Å². The van der Waals surface area contributed by atoms with Crippen molar-refractivity contribution >= 4 is 11.9 Å². The topological polar surface area (TPSA) is 57.2 Å². The van der Waals surface area contributed by atoms with Crippen LogP contribution in [0.1, 0.15) is 12.0 Å². The maximum absolute atomic E-state index is 11.8. The normalized spacial score (nSPS) is 17.2. The number of benzene rings is 1. The molecule has 142 valence electrons. The molecule has 6 nitrogen and oxygen atoms in total. The predicted octanol–water partition coefficient (Wildman–Crippen LogP) is 1.74. The Morgan fingerprint density at radius 3 is 2.88 bits per heavy atom. The van der Waals surface area contributed by atoms with E-state index < -0.39 is 0 Å². The zero-order chi connectivity index (χ0) is 18.8. The summed E-state index contributed by atoms with van der Waals surface area (Å²) in [5, 5.41) is 3.25. The summed E-state index contributed by atoms with van der Waals surface area (Å²) in [5.41, 5.74) is 1.19. The standard InChI is InChI=1S/C20H30N4O2/c1-4-11-21-20(22-13-19(25)23(2)3)24-12-10-18(14-24)16-26-15-17-8-6-5-7-9-17/h4-9,18H,1,10-16H2,2-3H3,(H,21,22). The third-order valence-corrected chi connectivity index (χ3v) is 4.32. The lowest BCUT2D eigenvalue weighted by Gasteiger charge is -2.22. The first-order valence-electron chi connectivity index (χ1n) is 9.06. The van der Waals surface area contributed by atoms with Crippen molar-refractivity contribution < 1.29 is 9.53 Å². The molecule has 1 atom stereocenters. The third-order valence-electron chi connectivity index (χ3n) is 4.32. The number of nitrogens with one attached hydrogen (secondary N) is 1. The van der Waals surface area contributed by atoms with Crippen molar-refractivity contribution in [3.8, 4) is 0 Å². The number of amides is 1. The van der Waals surface area contributed by atoms with E-state index in [0.29, 0.717) is 19.1 Å². The molecule has 0 radical (unpaired) electrons. The van der Waals surface area contributed by atoms with Crippen molar-refractivity contribution in [2.45, 2.75) is 13.0 Å². The summed E-state index contributed by atoms with van der Waals surface area (Å²) in [7, 11) is 3.48. The van der Waals surface area contributed by atoms with Crippen LogP contribution in [0.15, 0.2) is 48.0 Å². The Kier molecular flexibility index (Phi) is 8.15. The molecule has 1 unspecified atom stereocenters. The van der Waals surface area contributed by atoms with Crippen LogP contribution in [0.2, 0.25) is 0 Å². The Bertz CT molecular complexity index is 601. The Morgan fingerprint density at radius 1 is 1.42 bits per heavy atom. The van der Waals surface area contributed by atoms with Gasteiger partial charge in [0, 0.05) is 39.6 Å². The Balaban J connectivity index is 1.82. The van der Waals surface area contributed by atoms with Crippen LogP contribution in [0.4, 0.5) is 0 Å². The molecule has 0 saturated carbocycles. The quantitative estimate of drug-likeness (QED) is 0.437. The van der Waals surface area contributed by atoms with Gasteiger partial charge in [0.1, 0.15) is 6.54 Å². The highest BCUT2D eigenvalue weighted by Crippen LogP contribution is 2.17. The fourth-order valence-electron chi connectivity index (χ4n) is 2.79. The molecule has 26 heavy (non-hydrogen) atoms. The molecule has 1 heterocycles. The number of rotatable bonds is 8. The van der Waals surface area contributed by atoms with Crippen LogP contribution in [-0.2, 0) is 16.1 Å². The van der Waals surface area contributed by atoms with Crippen molar-refractivity contribution in [2.24, 2.45) is 10.9 Å². The van der Waals surface area contributed by atoms with Gasteiger partial charge < -0.3 is 19.9 Å². The van der Waals surface area contributed by atoms with Crippen LogP contribution in [0.3, 0.4) is 0 Å². The molecular formula is C20H30N4O2. The zero-order valence-corrected chi connectivity index (χ0v) is 15.9. The second-order valence-electron chi connectivity index (χ2n) is 6.70. The molecule has 1 aromatic carbocycles. The highest BCUT2D eigenvalue weighted by atomic mass is 16.5. The highest BCUT2D eigenvalue weighted by Gasteiger charge is 2.25. The van der Waals surface area contributed by atoms with Gasteiger partial charge in [-0.15, -0.1) is 6.58 Å². The first-order valence-corrected chi connectivity index (χ1v) is 9.06. The zero-order valence-electron chi connectivity index (χ0n) is 15.9. The summed E-state index contributed by atoms with van der Waals surface area (Å²) in [5.74, 6) is 1.23. The minimum atomic E-state index is -0.00940. The molecule has 1 fully saturated rings. The van der Waals surface area contributed by atoms with Gasteiger partial charge in [0.05, 0.1) is 13.2 Å². The van der Waals surface area contributed by atoms with E-state index >= 15 is 0 Å². The van der Waals surface area contributed by atoms with Crippen molar-refractivity contribution in [3.63, 3.8) is 0 Å². The van der Waals surface area contributed by atoms with Gasteiger partial charge in [-0.25, -0.2) is 4.99 Å². The van der Waals surface area contributed by atoms with E-state index in [4.69, 9.17) is 4.74 Å². The second-order valence-corrected chi connectivity index (χ2v) is 6.70.